The highest BCUT2D eigenvalue weighted by Crippen LogP contribution is 2.25. The third-order valence-corrected chi connectivity index (χ3v) is 4.64. The van der Waals surface area contributed by atoms with E-state index < -0.39 is 6.10 Å². The molecule has 0 aromatic heterocycles. The molecular formula is C19H25NO3. The van der Waals surface area contributed by atoms with Gasteiger partial charge >= 0.3 is 0 Å². The number of hydrogen-bond acceptors (Lipinski definition) is 4. The van der Waals surface area contributed by atoms with E-state index in [1.54, 1.807) is 0 Å². The number of likely N-dealkylation sites (tertiary alicyclic amines) is 1. The second-order valence-electron chi connectivity index (χ2n) is 6.49. The highest BCUT2D eigenvalue weighted by molar-refractivity contribution is 5.88. The molecule has 2 N–H and O–H groups in total. The monoisotopic (exact) mass is 315 g/mol. The summed E-state index contributed by atoms with van der Waals surface area (Å²) in [4.78, 5) is 2.20. The molecule has 4 nitrogen and oxygen atoms in total. The lowest BCUT2D eigenvalue weighted by Crippen LogP contribution is -2.35. The summed E-state index contributed by atoms with van der Waals surface area (Å²) >= 11 is 0. The molecule has 0 amide bonds. The van der Waals surface area contributed by atoms with Gasteiger partial charge in [0.25, 0.3) is 0 Å². The van der Waals surface area contributed by atoms with Gasteiger partial charge in [-0.1, -0.05) is 36.4 Å². The first-order valence-electron chi connectivity index (χ1n) is 8.32. The van der Waals surface area contributed by atoms with Crippen LogP contribution < -0.4 is 4.74 Å². The summed E-state index contributed by atoms with van der Waals surface area (Å²) in [6.45, 7) is 4.50. The lowest BCUT2D eigenvalue weighted by atomic mass is 10.0. The minimum absolute atomic E-state index is 0.274. The molecule has 2 aromatic rings. The van der Waals surface area contributed by atoms with E-state index in [0.717, 1.165) is 36.0 Å². The van der Waals surface area contributed by atoms with Crippen LogP contribution in [-0.4, -0.2) is 53.6 Å². The highest BCUT2D eigenvalue weighted by atomic mass is 16.5. The van der Waals surface area contributed by atoms with Crippen molar-refractivity contribution in [3.8, 4) is 5.75 Å². The van der Waals surface area contributed by atoms with E-state index in [-0.39, 0.29) is 12.7 Å². The van der Waals surface area contributed by atoms with Crippen molar-refractivity contribution >= 4 is 10.8 Å². The van der Waals surface area contributed by atoms with Crippen molar-refractivity contribution in [3.05, 3.63) is 42.5 Å². The molecule has 0 saturated carbocycles. The Bertz CT molecular complexity index is 638. The van der Waals surface area contributed by atoms with Gasteiger partial charge in [0.05, 0.1) is 6.10 Å². The molecule has 1 heterocycles. The number of hydrogen-bond donors (Lipinski definition) is 2. The van der Waals surface area contributed by atoms with Crippen LogP contribution in [0.5, 0.6) is 5.75 Å². The summed E-state index contributed by atoms with van der Waals surface area (Å²) in [5.41, 5.74) is 0. The fourth-order valence-electron chi connectivity index (χ4n) is 3.28. The molecule has 0 bridgehead atoms. The van der Waals surface area contributed by atoms with Crippen LogP contribution in [0.25, 0.3) is 10.8 Å². The quantitative estimate of drug-likeness (QED) is 0.859. The second-order valence-corrected chi connectivity index (χ2v) is 6.49. The number of aliphatic hydroxyl groups is 2. The summed E-state index contributed by atoms with van der Waals surface area (Å²) in [7, 11) is 0. The summed E-state index contributed by atoms with van der Waals surface area (Å²) in [6.07, 6.45) is 0.194. The topological polar surface area (TPSA) is 52.9 Å². The fraction of sp³-hybridized carbons (Fsp3) is 0.474. The van der Waals surface area contributed by atoms with Crippen molar-refractivity contribution in [2.24, 2.45) is 5.92 Å². The van der Waals surface area contributed by atoms with Crippen LogP contribution in [0.3, 0.4) is 0 Å². The minimum Gasteiger partial charge on any atom is -0.490 e. The zero-order valence-electron chi connectivity index (χ0n) is 13.6. The molecular weight excluding hydrogens is 290 g/mol. The van der Waals surface area contributed by atoms with Gasteiger partial charge in [-0.25, -0.2) is 0 Å². The van der Waals surface area contributed by atoms with Crippen molar-refractivity contribution in [2.75, 3.05) is 26.2 Å². The Morgan fingerprint density at radius 1 is 1.17 bits per heavy atom. The maximum atomic E-state index is 10.2. The Balaban J connectivity index is 1.54. The standard InChI is InChI=1S/C19H25NO3/c1-14(21)16-9-10-20(11-16)12-17(22)13-23-19-8-4-6-15-5-2-3-7-18(15)19/h2-8,14,16-17,21-22H,9-13H2,1H3. The summed E-state index contributed by atoms with van der Waals surface area (Å²) in [5.74, 6) is 1.13. The molecule has 2 aromatic carbocycles. The molecule has 4 heteroatoms. The van der Waals surface area contributed by atoms with Gasteiger partial charge in [-0.3, -0.25) is 0 Å². The lowest BCUT2D eigenvalue weighted by Gasteiger charge is -2.21. The maximum Gasteiger partial charge on any atom is 0.127 e. The van der Waals surface area contributed by atoms with Crippen molar-refractivity contribution in [1.29, 1.82) is 0 Å². The highest BCUT2D eigenvalue weighted by Gasteiger charge is 2.27. The Kier molecular flexibility index (Phi) is 5.16. The fourth-order valence-corrected chi connectivity index (χ4v) is 3.28. The molecule has 3 unspecified atom stereocenters. The van der Waals surface area contributed by atoms with Gasteiger partial charge in [0.2, 0.25) is 0 Å². The van der Waals surface area contributed by atoms with E-state index in [9.17, 15) is 10.2 Å². The lowest BCUT2D eigenvalue weighted by molar-refractivity contribution is 0.0701. The first-order valence-corrected chi connectivity index (χ1v) is 8.32. The van der Waals surface area contributed by atoms with Crippen LogP contribution >= 0.6 is 0 Å². The van der Waals surface area contributed by atoms with Crippen LogP contribution in [0.1, 0.15) is 13.3 Å². The zero-order chi connectivity index (χ0) is 16.2. The van der Waals surface area contributed by atoms with Gasteiger partial charge < -0.3 is 19.8 Å². The molecule has 3 atom stereocenters. The first kappa shape index (κ1) is 16.2. The van der Waals surface area contributed by atoms with Gasteiger partial charge in [0.15, 0.2) is 0 Å². The van der Waals surface area contributed by atoms with Gasteiger partial charge in [-0.2, -0.15) is 0 Å². The summed E-state index contributed by atoms with van der Waals surface area (Å²) in [6, 6.07) is 14.0. The Labute approximate surface area is 137 Å². The van der Waals surface area contributed by atoms with E-state index in [4.69, 9.17) is 4.74 Å². The Morgan fingerprint density at radius 2 is 1.96 bits per heavy atom. The number of rotatable bonds is 6. The predicted molar refractivity (Wildman–Crippen MR) is 91.7 cm³/mol. The van der Waals surface area contributed by atoms with Gasteiger partial charge in [0.1, 0.15) is 18.5 Å². The van der Waals surface area contributed by atoms with Crippen LogP contribution in [0.2, 0.25) is 0 Å². The maximum absolute atomic E-state index is 10.2. The van der Waals surface area contributed by atoms with Gasteiger partial charge in [0, 0.05) is 18.5 Å². The third-order valence-electron chi connectivity index (χ3n) is 4.64. The number of aliphatic hydroxyl groups excluding tert-OH is 2. The molecule has 1 fully saturated rings. The van der Waals surface area contributed by atoms with Gasteiger partial charge in [-0.05, 0) is 37.3 Å². The normalized spacial score (nSPS) is 21.4. The van der Waals surface area contributed by atoms with Crippen LogP contribution in [0.15, 0.2) is 42.5 Å². The largest absolute Gasteiger partial charge is 0.490 e. The van der Waals surface area contributed by atoms with Crippen LogP contribution in [0.4, 0.5) is 0 Å². The van der Waals surface area contributed by atoms with Crippen molar-refractivity contribution in [2.45, 2.75) is 25.6 Å². The molecule has 124 valence electrons. The smallest absolute Gasteiger partial charge is 0.127 e. The molecule has 23 heavy (non-hydrogen) atoms. The summed E-state index contributed by atoms with van der Waals surface area (Å²) in [5, 5.41) is 22.1. The van der Waals surface area contributed by atoms with E-state index >= 15 is 0 Å². The molecule has 1 aliphatic rings. The van der Waals surface area contributed by atoms with E-state index in [2.05, 4.69) is 17.0 Å². The number of β-amino-alcohol motifs (C(OH)–C–C–N with tert-alkyl or cyclic N) is 1. The average Bonchev–Trinajstić information content (AvgIpc) is 3.01. The third kappa shape index (κ3) is 4.02. The SMILES string of the molecule is CC(O)C1CCN(CC(O)COc2cccc3ccccc23)C1. The number of nitrogens with zero attached hydrogens (tertiary/aromatic N) is 1. The number of benzene rings is 2. The predicted octanol–water partition coefficient (Wildman–Crippen LogP) is 2.28. The minimum atomic E-state index is -0.526. The zero-order valence-corrected chi connectivity index (χ0v) is 13.6. The molecule has 0 aliphatic carbocycles. The number of fused-ring (bicyclic) bond motifs is 1. The summed E-state index contributed by atoms with van der Waals surface area (Å²) < 4.78 is 5.84. The van der Waals surface area contributed by atoms with E-state index in [1.165, 1.54) is 0 Å². The molecule has 0 radical (unpaired) electrons. The molecule has 3 rings (SSSR count). The second kappa shape index (κ2) is 7.30. The Hall–Kier alpha value is -1.62. The molecule has 1 saturated heterocycles. The first-order chi connectivity index (χ1) is 11.1. The molecule has 1 aliphatic heterocycles. The number of ether oxygens (including phenoxy) is 1. The van der Waals surface area contributed by atoms with Gasteiger partial charge in [-0.15, -0.1) is 0 Å². The Morgan fingerprint density at radius 3 is 2.74 bits per heavy atom. The average molecular weight is 315 g/mol. The van der Waals surface area contributed by atoms with E-state index in [0.29, 0.717) is 12.5 Å². The molecule has 0 spiro atoms. The van der Waals surface area contributed by atoms with Crippen molar-refractivity contribution < 1.29 is 14.9 Å². The van der Waals surface area contributed by atoms with Crippen LogP contribution in [-0.2, 0) is 0 Å². The van der Waals surface area contributed by atoms with Crippen molar-refractivity contribution in [3.63, 3.8) is 0 Å². The van der Waals surface area contributed by atoms with Crippen molar-refractivity contribution in [1.82, 2.24) is 4.90 Å². The van der Waals surface area contributed by atoms with E-state index in [1.807, 2.05) is 37.3 Å². The van der Waals surface area contributed by atoms with Crippen LogP contribution in [0, 0.1) is 5.92 Å².